The zero-order valence-corrected chi connectivity index (χ0v) is 43.3. The first-order chi connectivity index (χ1) is 30.3. The van der Waals surface area contributed by atoms with Crippen LogP contribution in [0.4, 0.5) is 28.4 Å². The number of allylic oxidation sites excluding steroid dienone is 5. The molecule has 5 aromatic carbocycles. The molecular weight excluding hydrogens is 785 g/mol. The largest absolute Gasteiger partial charge is 0.310 e. The van der Waals surface area contributed by atoms with Gasteiger partial charge in [-0.1, -0.05) is 170 Å². The van der Waals surface area contributed by atoms with E-state index >= 15 is 0 Å². The summed E-state index contributed by atoms with van der Waals surface area (Å²) < 4.78 is 0. The molecule has 0 aromatic heterocycles. The molecule has 0 unspecified atom stereocenters. The minimum Gasteiger partial charge on any atom is -0.310 e. The first-order valence-electron chi connectivity index (χ1n) is 24.6. The molecule has 0 fully saturated rings. The highest BCUT2D eigenvalue weighted by Crippen LogP contribution is 2.50. The van der Waals surface area contributed by atoms with E-state index in [0.717, 1.165) is 35.6 Å². The molecule has 0 saturated carbocycles. The van der Waals surface area contributed by atoms with Gasteiger partial charge in [0.05, 0.1) is 5.69 Å². The van der Waals surface area contributed by atoms with Crippen molar-refractivity contribution in [2.45, 2.75) is 171 Å². The van der Waals surface area contributed by atoms with Crippen molar-refractivity contribution in [3.8, 4) is 11.1 Å². The highest BCUT2D eigenvalue weighted by molar-refractivity contribution is 5.90. The zero-order chi connectivity index (χ0) is 47.4. The van der Waals surface area contributed by atoms with Crippen LogP contribution >= 0.6 is 0 Å². The van der Waals surface area contributed by atoms with E-state index in [-0.39, 0.29) is 27.1 Å². The summed E-state index contributed by atoms with van der Waals surface area (Å²) in [6.07, 6.45) is 13.8. The molecule has 0 spiro atoms. The fraction of sp³-hybridized carbons (Fsp3) is 0.429. The summed E-state index contributed by atoms with van der Waals surface area (Å²) in [4.78, 5) is 5.03. The van der Waals surface area contributed by atoms with Crippen LogP contribution in [0.3, 0.4) is 0 Å². The zero-order valence-electron chi connectivity index (χ0n) is 43.3. The van der Waals surface area contributed by atoms with E-state index in [1.807, 2.05) is 0 Å². The molecule has 2 nitrogen and oxygen atoms in total. The Balaban J connectivity index is 1.51. The lowest BCUT2D eigenvalue weighted by molar-refractivity contribution is 0.332. The summed E-state index contributed by atoms with van der Waals surface area (Å²) in [7, 11) is 0. The predicted molar refractivity (Wildman–Crippen MR) is 285 cm³/mol. The molecule has 0 aliphatic heterocycles. The minimum atomic E-state index is 0.0543. The Hall–Kier alpha value is -5.08. The highest BCUT2D eigenvalue weighted by Gasteiger charge is 2.37. The average Bonchev–Trinajstić information content (AvgIpc) is 3.49. The van der Waals surface area contributed by atoms with E-state index in [9.17, 15) is 0 Å². The first-order valence-corrected chi connectivity index (χ1v) is 24.6. The Morgan fingerprint density at radius 3 is 1.83 bits per heavy atom. The van der Waals surface area contributed by atoms with Gasteiger partial charge in [0.2, 0.25) is 0 Å². The molecule has 0 N–H and O–H groups in total. The molecule has 0 bridgehead atoms. The van der Waals surface area contributed by atoms with E-state index in [4.69, 9.17) is 0 Å². The van der Waals surface area contributed by atoms with Crippen LogP contribution in [0.2, 0.25) is 0 Å². The van der Waals surface area contributed by atoms with E-state index < -0.39 is 0 Å². The summed E-state index contributed by atoms with van der Waals surface area (Å²) in [5, 5.41) is 0. The molecule has 0 amide bonds. The third-order valence-corrected chi connectivity index (χ3v) is 14.9. The molecule has 65 heavy (non-hydrogen) atoms. The second-order valence-electron chi connectivity index (χ2n) is 23.8. The van der Waals surface area contributed by atoms with Crippen molar-refractivity contribution in [3.63, 3.8) is 0 Å². The lowest BCUT2D eigenvalue weighted by Gasteiger charge is -2.42. The van der Waals surface area contributed by atoms with Crippen LogP contribution < -0.4 is 9.80 Å². The highest BCUT2D eigenvalue weighted by atomic mass is 15.2. The fourth-order valence-corrected chi connectivity index (χ4v) is 10.1. The molecule has 342 valence electrons. The standard InChI is InChI=1S/C63H80N2/c1-18-61(12,13)55-32-30-50(41-53(55)42(2)3)65(58-33-22-43(4)38-54(58)45-23-31-56-57(39-45)63(16,17)35-34-62(56,14)15)52-37-44(5)36-51(40-52)64(49-28-25-47(26-29-49)60(9,10)11)48-21-19-20-46(24-27-48)59(6,7)8/h19,21-33,36-42H,18,20,34-35H2,1-17H3. The van der Waals surface area contributed by atoms with Crippen molar-refractivity contribution >= 4 is 28.4 Å². The number of anilines is 5. The fourth-order valence-electron chi connectivity index (χ4n) is 10.1. The Morgan fingerprint density at radius 1 is 0.585 bits per heavy atom. The quantitative estimate of drug-likeness (QED) is 0.138. The van der Waals surface area contributed by atoms with Gasteiger partial charge in [-0.25, -0.2) is 0 Å². The average molecular weight is 865 g/mol. The SMILES string of the molecule is CCC(C)(C)c1ccc(N(c2cc(C)cc(N(C3=CC=C(C(C)(C)C)CC=C3)c3ccc(C(C)(C)C)cc3)c2)c2ccc(C)cc2-c2ccc3c(c2)C(C)(C)CCC3(C)C)cc1C(C)C. The maximum atomic E-state index is 2.56. The van der Waals surface area contributed by atoms with Crippen LogP contribution in [-0.2, 0) is 21.7 Å². The van der Waals surface area contributed by atoms with Crippen LogP contribution in [0, 0.1) is 19.3 Å². The molecule has 0 radical (unpaired) electrons. The lowest BCUT2D eigenvalue weighted by atomic mass is 9.63. The van der Waals surface area contributed by atoms with E-state index in [2.05, 4.69) is 249 Å². The van der Waals surface area contributed by atoms with Crippen LogP contribution in [-0.4, -0.2) is 0 Å². The van der Waals surface area contributed by atoms with E-state index in [0.29, 0.717) is 5.92 Å². The van der Waals surface area contributed by atoms with Gasteiger partial charge in [-0.2, -0.15) is 0 Å². The van der Waals surface area contributed by atoms with Crippen molar-refractivity contribution in [2.75, 3.05) is 9.80 Å². The van der Waals surface area contributed by atoms with Gasteiger partial charge in [0.1, 0.15) is 0 Å². The summed E-state index contributed by atoms with van der Waals surface area (Å²) in [6.45, 7) is 39.9. The summed E-state index contributed by atoms with van der Waals surface area (Å²) in [6, 6.07) is 38.2. The molecule has 7 rings (SSSR count). The number of hydrogen-bond acceptors (Lipinski definition) is 2. The van der Waals surface area contributed by atoms with Crippen molar-refractivity contribution in [3.05, 3.63) is 172 Å². The molecule has 5 aromatic rings. The number of fused-ring (bicyclic) bond motifs is 1. The van der Waals surface area contributed by atoms with Gasteiger partial charge in [0, 0.05) is 34.0 Å². The summed E-state index contributed by atoms with van der Waals surface area (Å²) in [5.74, 6) is 0.362. The van der Waals surface area contributed by atoms with Crippen molar-refractivity contribution in [1.82, 2.24) is 0 Å². The van der Waals surface area contributed by atoms with Gasteiger partial charge < -0.3 is 9.80 Å². The number of aryl methyl sites for hydroxylation is 2. The Labute approximate surface area is 395 Å². The van der Waals surface area contributed by atoms with Gasteiger partial charge in [-0.05, 0) is 178 Å². The second-order valence-corrected chi connectivity index (χ2v) is 23.8. The van der Waals surface area contributed by atoms with Crippen molar-refractivity contribution in [2.24, 2.45) is 5.41 Å². The van der Waals surface area contributed by atoms with Crippen molar-refractivity contribution < 1.29 is 0 Å². The first kappa shape index (κ1) is 47.9. The molecule has 2 heteroatoms. The molecule has 0 saturated heterocycles. The Kier molecular flexibility index (Phi) is 13.0. The molecular formula is C63H80N2. The van der Waals surface area contributed by atoms with Crippen LogP contribution in [0.25, 0.3) is 11.1 Å². The second kappa shape index (κ2) is 17.6. The summed E-state index contributed by atoms with van der Waals surface area (Å²) >= 11 is 0. The lowest BCUT2D eigenvalue weighted by Crippen LogP contribution is -2.33. The summed E-state index contributed by atoms with van der Waals surface area (Å²) in [5.41, 5.74) is 21.0. The van der Waals surface area contributed by atoms with Crippen LogP contribution in [0.1, 0.15) is 174 Å². The number of benzene rings is 5. The monoisotopic (exact) mass is 865 g/mol. The van der Waals surface area contributed by atoms with Crippen molar-refractivity contribution in [1.29, 1.82) is 0 Å². The normalized spacial score (nSPS) is 16.2. The Bertz CT molecular complexity index is 2640. The van der Waals surface area contributed by atoms with E-state index in [1.165, 1.54) is 79.9 Å². The molecule has 2 aliphatic carbocycles. The van der Waals surface area contributed by atoms with Gasteiger partial charge in [0.15, 0.2) is 0 Å². The van der Waals surface area contributed by atoms with Crippen LogP contribution in [0.15, 0.2) is 133 Å². The van der Waals surface area contributed by atoms with Gasteiger partial charge >= 0.3 is 0 Å². The number of nitrogens with zero attached hydrogens (tertiary/aromatic N) is 2. The minimum absolute atomic E-state index is 0.0543. The predicted octanol–water partition coefficient (Wildman–Crippen LogP) is 18.9. The smallest absolute Gasteiger partial charge is 0.0540 e. The topological polar surface area (TPSA) is 6.48 Å². The third kappa shape index (κ3) is 9.89. The molecule has 0 heterocycles. The molecule has 0 atom stereocenters. The number of hydrogen-bond donors (Lipinski definition) is 0. The molecule has 2 aliphatic rings. The maximum absolute atomic E-state index is 2.56. The van der Waals surface area contributed by atoms with Gasteiger partial charge in [-0.15, -0.1) is 0 Å². The number of rotatable bonds is 10. The third-order valence-electron chi connectivity index (χ3n) is 14.9. The maximum Gasteiger partial charge on any atom is 0.0540 e. The van der Waals surface area contributed by atoms with E-state index in [1.54, 1.807) is 0 Å². The van der Waals surface area contributed by atoms with Gasteiger partial charge in [-0.3, -0.25) is 0 Å². The van der Waals surface area contributed by atoms with Gasteiger partial charge in [0.25, 0.3) is 0 Å². The van der Waals surface area contributed by atoms with Crippen LogP contribution in [0.5, 0.6) is 0 Å². The Morgan fingerprint density at radius 2 is 1.22 bits per heavy atom.